The quantitative estimate of drug-likeness (QED) is 0.592. The number of aromatic nitrogens is 1. The van der Waals surface area contributed by atoms with Gasteiger partial charge in [-0.3, -0.25) is 4.98 Å². The first-order valence-corrected chi connectivity index (χ1v) is 3.96. The first-order valence-electron chi connectivity index (χ1n) is 3.96. The van der Waals surface area contributed by atoms with Crippen molar-refractivity contribution in [3.8, 4) is 0 Å². The third kappa shape index (κ3) is 9.11. The van der Waals surface area contributed by atoms with Crippen LogP contribution in [0.1, 0.15) is 20.8 Å². The van der Waals surface area contributed by atoms with Gasteiger partial charge in [-0.25, -0.2) is 0 Å². The lowest BCUT2D eigenvalue weighted by Crippen LogP contribution is -2.15. The second-order valence-electron chi connectivity index (χ2n) is 3.34. The highest BCUT2D eigenvalue weighted by Gasteiger charge is 2.03. The number of pyridine rings is 1. The van der Waals surface area contributed by atoms with E-state index in [-0.39, 0.29) is 5.60 Å². The minimum absolute atomic E-state index is 0.0417. The molecule has 0 bridgehead atoms. The molecule has 0 aliphatic heterocycles. The predicted molar refractivity (Wildman–Crippen MR) is 51.0 cm³/mol. The van der Waals surface area contributed by atoms with Gasteiger partial charge in [-0.2, -0.15) is 0 Å². The smallest absolute Gasteiger partial charge is 0.0594 e. The van der Waals surface area contributed by atoms with E-state index in [1.54, 1.807) is 19.5 Å². The van der Waals surface area contributed by atoms with Crippen LogP contribution in [0.5, 0.6) is 0 Å². The Bertz CT molecular complexity index is 152. The van der Waals surface area contributed by atoms with E-state index in [1.807, 2.05) is 39.0 Å². The van der Waals surface area contributed by atoms with Gasteiger partial charge in [-0.15, -0.1) is 0 Å². The number of hydrogen-bond donors (Lipinski definition) is 0. The van der Waals surface area contributed by atoms with E-state index in [1.165, 1.54) is 0 Å². The molecule has 1 aromatic rings. The zero-order valence-electron chi connectivity index (χ0n) is 8.24. The van der Waals surface area contributed by atoms with E-state index in [0.717, 1.165) is 0 Å². The van der Waals surface area contributed by atoms with Gasteiger partial charge in [-0.1, -0.05) is 6.07 Å². The summed E-state index contributed by atoms with van der Waals surface area (Å²) in [6.45, 7) is 6.06. The van der Waals surface area contributed by atoms with Crippen LogP contribution in [0, 0.1) is 0 Å². The van der Waals surface area contributed by atoms with Crippen molar-refractivity contribution in [2.45, 2.75) is 26.4 Å². The maximum atomic E-state index is 4.94. The van der Waals surface area contributed by atoms with Crippen LogP contribution in [0.4, 0.5) is 0 Å². The molecule has 0 amide bonds. The van der Waals surface area contributed by atoms with Gasteiger partial charge in [0.25, 0.3) is 0 Å². The van der Waals surface area contributed by atoms with E-state index in [4.69, 9.17) is 4.74 Å². The number of nitrogens with zero attached hydrogens (tertiary/aromatic N) is 1. The van der Waals surface area contributed by atoms with Gasteiger partial charge in [0, 0.05) is 19.5 Å². The van der Waals surface area contributed by atoms with E-state index >= 15 is 0 Å². The molecule has 0 saturated heterocycles. The summed E-state index contributed by atoms with van der Waals surface area (Å²) in [6, 6.07) is 5.72. The third-order valence-corrected chi connectivity index (χ3v) is 1.18. The van der Waals surface area contributed by atoms with E-state index in [9.17, 15) is 0 Å². The lowest BCUT2D eigenvalue weighted by Gasteiger charge is -2.14. The fourth-order valence-corrected chi connectivity index (χ4v) is 0.313. The summed E-state index contributed by atoms with van der Waals surface area (Å²) in [6.07, 6.45) is 3.50. The summed E-state index contributed by atoms with van der Waals surface area (Å²) in [5.41, 5.74) is 0.0417. The van der Waals surface area contributed by atoms with Crippen LogP contribution in [-0.2, 0) is 4.74 Å². The van der Waals surface area contributed by atoms with Crippen LogP contribution in [-0.4, -0.2) is 17.7 Å². The molecule has 0 aromatic carbocycles. The predicted octanol–water partition coefficient (Wildman–Crippen LogP) is 2.51. The molecule has 0 N–H and O–H groups in total. The minimum Gasteiger partial charge on any atom is -0.379 e. The maximum absolute atomic E-state index is 4.94. The molecule has 2 nitrogen and oxygen atoms in total. The van der Waals surface area contributed by atoms with Crippen molar-refractivity contribution in [2.24, 2.45) is 0 Å². The highest BCUT2D eigenvalue weighted by Crippen LogP contribution is 2.02. The Morgan fingerprint density at radius 3 is 1.50 bits per heavy atom. The molecule has 68 valence electrons. The van der Waals surface area contributed by atoms with Gasteiger partial charge in [0.1, 0.15) is 0 Å². The SMILES string of the molecule is COC(C)(C)C.c1ccncc1. The van der Waals surface area contributed by atoms with Crippen molar-refractivity contribution in [3.05, 3.63) is 30.6 Å². The Kier molecular flexibility index (Phi) is 5.30. The Hall–Kier alpha value is -0.890. The molecule has 0 unspecified atom stereocenters. The van der Waals surface area contributed by atoms with Crippen LogP contribution in [0.15, 0.2) is 30.6 Å². The first kappa shape index (κ1) is 11.1. The summed E-state index contributed by atoms with van der Waals surface area (Å²) in [5, 5.41) is 0. The van der Waals surface area contributed by atoms with Crippen molar-refractivity contribution in [1.29, 1.82) is 0 Å². The second kappa shape index (κ2) is 5.72. The van der Waals surface area contributed by atoms with Gasteiger partial charge in [0.2, 0.25) is 0 Å². The maximum Gasteiger partial charge on any atom is 0.0594 e. The number of rotatable bonds is 0. The van der Waals surface area contributed by atoms with E-state index in [0.29, 0.717) is 0 Å². The number of methoxy groups -OCH3 is 1. The number of hydrogen-bond acceptors (Lipinski definition) is 2. The zero-order valence-corrected chi connectivity index (χ0v) is 8.24. The lowest BCUT2D eigenvalue weighted by atomic mass is 10.2. The Labute approximate surface area is 74.6 Å². The molecule has 0 saturated carbocycles. The second-order valence-corrected chi connectivity index (χ2v) is 3.34. The topological polar surface area (TPSA) is 22.1 Å². The Morgan fingerprint density at radius 2 is 1.42 bits per heavy atom. The standard InChI is InChI=1S/C5H5N.C5H12O/c1-2-4-6-5-3-1;1-5(2,3)6-4/h1-5H;1-4H3. The molecular formula is C10H17NO. The molecule has 0 atom stereocenters. The molecule has 0 fully saturated rings. The van der Waals surface area contributed by atoms with Crippen molar-refractivity contribution in [3.63, 3.8) is 0 Å². The first-order chi connectivity index (χ1) is 5.56. The van der Waals surface area contributed by atoms with Crippen molar-refractivity contribution in [2.75, 3.05) is 7.11 Å². The van der Waals surface area contributed by atoms with E-state index in [2.05, 4.69) is 4.98 Å². The van der Waals surface area contributed by atoms with Crippen molar-refractivity contribution in [1.82, 2.24) is 4.98 Å². The van der Waals surface area contributed by atoms with Crippen molar-refractivity contribution < 1.29 is 4.74 Å². The highest BCUT2D eigenvalue weighted by molar-refractivity contribution is 4.88. The zero-order chi connectivity index (χ0) is 9.45. The van der Waals surface area contributed by atoms with Gasteiger partial charge >= 0.3 is 0 Å². The van der Waals surface area contributed by atoms with Gasteiger partial charge in [0.05, 0.1) is 5.60 Å². The Balaban J connectivity index is 0.000000202. The highest BCUT2D eigenvalue weighted by atomic mass is 16.5. The molecule has 0 spiro atoms. The molecule has 1 rings (SSSR count). The normalized spacial score (nSPS) is 10.0. The average Bonchev–Trinajstić information content (AvgIpc) is 2.07. The average molecular weight is 167 g/mol. The lowest BCUT2D eigenvalue weighted by molar-refractivity contribution is 0.0397. The molecular weight excluding hydrogens is 150 g/mol. The van der Waals surface area contributed by atoms with E-state index < -0.39 is 0 Å². The minimum atomic E-state index is 0.0417. The third-order valence-electron chi connectivity index (χ3n) is 1.18. The summed E-state index contributed by atoms with van der Waals surface area (Å²) in [4.78, 5) is 3.78. The van der Waals surface area contributed by atoms with Gasteiger partial charge in [-0.05, 0) is 32.9 Å². The monoisotopic (exact) mass is 167 g/mol. The fourth-order valence-electron chi connectivity index (χ4n) is 0.313. The Morgan fingerprint density at radius 1 is 1.00 bits per heavy atom. The molecule has 0 aliphatic rings. The van der Waals surface area contributed by atoms with Gasteiger partial charge < -0.3 is 4.74 Å². The summed E-state index contributed by atoms with van der Waals surface area (Å²) >= 11 is 0. The van der Waals surface area contributed by atoms with Crippen LogP contribution >= 0.6 is 0 Å². The number of ether oxygens (including phenoxy) is 1. The van der Waals surface area contributed by atoms with Gasteiger partial charge in [0.15, 0.2) is 0 Å². The molecule has 0 aliphatic carbocycles. The molecule has 2 heteroatoms. The van der Waals surface area contributed by atoms with Crippen LogP contribution in [0.3, 0.4) is 0 Å². The fraction of sp³-hybridized carbons (Fsp3) is 0.500. The van der Waals surface area contributed by atoms with Crippen LogP contribution in [0.2, 0.25) is 0 Å². The molecule has 1 aromatic heterocycles. The summed E-state index contributed by atoms with van der Waals surface area (Å²) < 4.78 is 4.94. The molecule has 1 heterocycles. The largest absolute Gasteiger partial charge is 0.379 e. The molecule has 0 radical (unpaired) electrons. The summed E-state index contributed by atoms with van der Waals surface area (Å²) in [7, 11) is 1.71. The molecule has 12 heavy (non-hydrogen) atoms. The van der Waals surface area contributed by atoms with Crippen LogP contribution < -0.4 is 0 Å². The van der Waals surface area contributed by atoms with Crippen LogP contribution in [0.25, 0.3) is 0 Å². The summed E-state index contributed by atoms with van der Waals surface area (Å²) in [5.74, 6) is 0. The van der Waals surface area contributed by atoms with Crippen molar-refractivity contribution >= 4 is 0 Å².